The van der Waals surface area contributed by atoms with Crippen LogP contribution in [0.1, 0.15) is 32.7 Å². The summed E-state index contributed by atoms with van der Waals surface area (Å²) in [5.74, 6) is -1.75. The molecule has 29 heavy (non-hydrogen) atoms. The van der Waals surface area contributed by atoms with Gasteiger partial charge in [-0.1, -0.05) is 23.5 Å². The van der Waals surface area contributed by atoms with Crippen molar-refractivity contribution in [2.45, 2.75) is 13.0 Å². The fourth-order valence-corrected chi connectivity index (χ4v) is 4.20. The van der Waals surface area contributed by atoms with Gasteiger partial charge in [0.15, 0.2) is 5.43 Å². The van der Waals surface area contributed by atoms with Crippen LogP contribution in [0.15, 0.2) is 51.7 Å². The third-order valence-electron chi connectivity index (χ3n) is 4.74. The molecule has 9 heteroatoms. The van der Waals surface area contributed by atoms with Crippen LogP contribution in [0.25, 0.3) is 11.0 Å². The third kappa shape index (κ3) is 2.65. The van der Waals surface area contributed by atoms with Crippen molar-refractivity contribution in [3.63, 3.8) is 0 Å². The number of hydrogen-bond acceptors (Lipinski definition) is 6. The van der Waals surface area contributed by atoms with E-state index >= 15 is 0 Å². The average molecular weight is 411 g/mol. The summed E-state index contributed by atoms with van der Waals surface area (Å²) in [5, 5.41) is 8.92. The van der Waals surface area contributed by atoms with E-state index in [1.54, 1.807) is 6.92 Å². The second-order valence-electron chi connectivity index (χ2n) is 6.55. The first-order valence-corrected chi connectivity index (χ1v) is 9.41. The molecule has 1 atom stereocenters. The topological polar surface area (TPSA) is 76.3 Å². The Hall–Kier alpha value is -3.46. The molecule has 0 aliphatic carbocycles. The molecule has 6 nitrogen and oxygen atoms in total. The lowest BCUT2D eigenvalue weighted by molar-refractivity contribution is 0.0970. The molecule has 2 aromatic heterocycles. The monoisotopic (exact) mass is 411 g/mol. The lowest BCUT2D eigenvalue weighted by Gasteiger charge is -2.22. The Balaban J connectivity index is 1.83. The number of carbonyl (C=O) groups is 1. The highest BCUT2D eigenvalue weighted by atomic mass is 32.1. The van der Waals surface area contributed by atoms with E-state index in [1.165, 1.54) is 46.6 Å². The van der Waals surface area contributed by atoms with Gasteiger partial charge in [-0.05, 0) is 42.8 Å². The van der Waals surface area contributed by atoms with Gasteiger partial charge in [0.25, 0.3) is 5.91 Å². The number of aromatic nitrogens is 2. The molecule has 5 rings (SSSR count). The van der Waals surface area contributed by atoms with E-state index in [1.807, 2.05) is 0 Å². The number of hydrogen-bond donors (Lipinski definition) is 0. The fourth-order valence-electron chi connectivity index (χ4n) is 3.49. The molecule has 0 spiro atoms. The number of nitrogens with zero attached hydrogens (tertiary/aromatic N) is 3. The lowest BCUT2D eigenvalue weighted by atomic mass is 9.98. The van der Waals surface area contributed by atoms with Gasteiger partial charge < -0.3 is 4.42 Å². The van der Waals surface area contributed by atoms with Crippen molar-refractivity contribution < 1.29 is 18.0 Å². The summed E-state index contributed by atoms with van der Waals surface area (Å²) in [4.78, 5) is 27.8. The molecule has 144 valence electrons. The maximum absolute atomic E-state index is 13.7. The number of amides is 1. The molecule has 0 bridgehead atoms. The molecular formula is C20H11F2N3O3S. The van der Waals surface area contributed by atoms with Crippen LogP contribution in [0.2, 0.25) is 0 Å². The van der Waals surface area contributed by atoms with Crippen molar-refractivity contribution in [3.05, 3.63) is 86.2 Å². The number of halogens is 2. The SMILES string of the molecule is Cc1nnc(N2C(=O)c3oc4ccc(F)cc4c(=O)c3C2c2ccc(F)cc2)s1. The lowest BCUT2D eigenvalue weighted by Crippen LogP contribution is -2.29. The molecule has 1 unspecified atom stereocenters. The Morgan fingerprint density at radius 2 is 1.76 bits per heavy atom. The quantitative estimate of drug-likeness (QED) is 0.499. The Kier molecular flexibility index (Phi) is 3.82. The Labute approximate surface area is 166 Å². The molecule has 0 radical (unpaired) electrons. The smallest absolute Gasteiger partial charge is 0.297 e. The van der Waals surface area contributed by atoms with Crippen LogP contribution in [0.5, 0.6) is 0 Å². The fraction of sp³-hybridized carbons (Fsp3) is 0.100. The van der Waals surface area contributed by atoms with Crippen molar-refractivity contribution in [2.24, 2.45) is 0 Å². The van der Waals surface area contributed by atoms with Crippen LogP contribution >= 0.6 is 11.3 Å². The van der Waals surface area contributed by atoms with E-state index in [9.17, 15) is 18.4 Å². The minimum absolute atomic E-state index is 0.0268. The first-order valence-electron chi connectivity index (χ1n) is 8.59. The molecular weight excluding hydrogens is 400 g/mol. The molecule has 0 N–H and O–H groups in total. The van der Waals surface area contributed by atoms with E-state index in [0.717, 1.165) is 12.1 Å². The normalized spacial score (nSPS) is 15.9. The second kappa shape index (κ2) is 6.28. The van der Waals surface area contributed by atoms with Crippen molar-refractivity contribution in [3.8, 4) is 0 Å². The number of aryl methyl sites for hydroxylation is 1. The van der Waals surface area contributed by atoms with Crippen LogP contribution in [0, 0.1) is 18.6 Å². The third-order valence-corrected chi connectivity index (χ3v) is 5.58. The summed E-state index contributed by atoms with van der Waals surface area (Å²) in [7, 11) is 0. The summed E-state index contributed by atoms with van der Waals surface area (Å²) in [6.45, 7) is 1.74. The summed E-state index contributed by atoms with van der Waals surface area (Å²) in [6.07, 6.45) is 0. The largest absolute Gasteiger partial charge is 0.450 e. The molecule has 0 saturated heterocycles. The van der Waals surface area contributed by atoms with Gasteiger partial charge in [0.2, 0.25) is 10.9 Å². The van der Waals surface area contributed by atoms with Gasteiger partial charge in [-0.25, -0.2) is 8.78 Å². The van der Waals surface area contributed by atoms with E-state index < -0.39 is 29.0 Å². The standard InChI is InChI=1S/C20H11F2N3O3S/c1-9-23-24-20(29-9)25-16(10-2-4-11(21)5-3-10)15-17(26)13-8-12(22)6-7-14(13)28-18(15)19(25)27/h2-8,16H,1H3. The minimum atomic E-state index is -0.894. The highest BCUT2D eigenvalue weighted by Crippen LogP contribution is 2.42. The Morgan fingerprint density at radius 1 is 1.03 bits per heavy atom. The number of anilines is 1. The van der Waals surface area contributed by atoms with Gasteiger partial charge >= 0.3 is 0 Å². The van der Waals surface area contributed by atoms with E-state index in [4.69, 9.17) is 4.42 Å². The van der Waals surface area contributed by atoms with Crippen LogP contribution in [-0.2, 0) is 0 Å². The Morgan fingerprint density at radius 3 is 2.45 bits per heavy atom. The number of fused-ring (bicyclic) bond motifs is 2. The van der Waals surface area contributed by atoms with Gasteiger partial charge in [0.1, 0.15) is 22.2 Å². The zero-order chi connectivity index (χ0) is 20.3. The van der Waals surface area contributed by atoms with Crippen molar-refractivity contribution in [1.29, 1.82) is 0 Å². The molecule has 4 aromatic rings. The average Bonchev–Trinajstić information content (AvgIpc) is 3.25. The summed E-state index contributed by atoms with van der Waals surface area (Å²) >= 11 is 1.18. The molecule has 1 amide bonds. The number of benzene rings is 2. The predicted molar refractivity (Wildman–Crippen MR) is 102 cm³/mol. The van der Waals surface area contributed by atoms with Crippen molar-refractivity contribution in [1.82, 2.24) is 10.2 Å². The molecule has 0 saturated carbocycles. The summed E-state index contributed by atoms with van der Waals surface area (Å²) in [6, 6.07) is 8.09. The first kappa shape index (κ1) is 17.6. The van der Waals surface area contributed by atoms with Crippen molar-refractivity contribution in [2.75, 3.05) is 4.90 Å². The zero-order valence-electron chi connectivity index (χ0n) is 14.8. The number of rotatable bonds is 2. The number of carbonyl (C=O) groups excluding carboxylic acids is 1. The highest BCUT2D eigenvalue weighted by Gasteiger charge is 2.45. The molecule has 3 heterocycles. The van der Waals surface area contributed by atoms with Gasteiger partial charge in [-0.3, -0.25) is 14.5 Å². The summed E-state index contributed by atoms with van der Waals surface area (Å²) < 4.78 is 32.9. The second-order valence-corrected chi connectivity index (χ2v) is 7.71. The van der Waals surface area contributed by atoms with Crippen LogP contribution in [-0.4, -0.2) is 16.1 Å². The van der Waals surface area contributed by atoms with Crippen LogP contribution in [0.3, 0.4) is 0 Å². The van der Waals surface area contributed by atoms with E-state index in [2.05, 4.69) is 10.2 Å². The molecule has 1 aliphatic rings. The highest BCUT2D eigenvalue weighted by molar-refractivity contribution is 7.15. The van der Waals surface area contributed by atoms with Crippen LogP contribution < -0.4 is 10.3 Å². The van der Waals surface area contributed by atoms with Crippen molar-refractivity contribution >= 4 is 33.3 Å². The van der Waals surface area contributed by atoms with Gasteiger partial charge in [0, 0.05) is 0 Å². The van der Waals surface area contributed by atoms with Gasteiger partial charge in [0.05, 0.1) is 17.0 Å². The molecule has 2 aromatic carbocycles. The van der Waals surface area contributed by atoms with Crippen LogP contribution in [0.4, 0.5) is 13.9 Å². The summed E-state index contributed by atoms with van der Waals surface area (Å²) in [5.41, 5.74) is 0.144. The first-order chi connectivity index (χ1) is 13.9. The Bertz CT molecular complexity index is 1350. The van der Waals surface area contributed by atoms with E-state index in [-0.39, 0.29) is 27.4 Å². The minimum Gasteiger partial charge on any atom is -0.450 e. The van der Waals surface area contributed by atoms with Gasteiger partial charge in [-0.15, -0.1) is 10.2 Å². The molecule has 0 fully saturated rings. The molecule has 1 aliphatic heterocycles. The maximum atomic E-state index is 13.7. The van der Waals surface area contributed by atoms with Gasteiger partial charge in [-0.2, -0.15) is 0 Å². The zero-order valence-corrected chi connectivity index (χ0v) is 15.7. The maximum Gasteiger partial charge on any atom is 0.297 e. The van der Waals surface area contributed by atoms with E-state index in [0.29, 0.717) is 10.6 Å². The predicted octanol–water partition coefficient (Wildman–Crippen LogP) is 3.98.